The highest BCUT2D eigenvalue weighted by atomic mass is 16.5. The van der Waals surface area contributed by atoms with Crippen molar-refractivity contribution in [1.29, 1.82) is 0 Å². The summed E-state index contributed by atoms with van der Waals surface area (Å²) in [7, 11) is 0. The molecule has 0 bridgehead atoms. The van der Waals surface area contributed by atoms with Crippen LogP contribution in [-0.2, 0) is 4.79 Å². The topological polar surface area (TPSA) is 68.5 Å². The third kappa shape index (κ3) is 1.43. The summed E-state index contributed by atoms with van der Waals surface area (Å²) in [6.45, 7) is -0.0988. The zero-order valence-electron chi connectivity index (χ0n) is 10.3. The van der Waals surface area contributed by atoms with Gasteiger partial charge in [0.15, 0.2) is 12.4 Å². The van der Waals surface area contributed by atoms with E-state index < -0.39 is 5.63 Å². The van der Waals surface area contributed by atoms with Crippen LogP contribution in [0.25, 0.3) is 21.7 Å². The van der Waals surface area contributed by atoms with Gasteiger partial charge in [0.25, 0.3) is 5.91 Å². The van der Waals surface area contributed by atoms with Gasteiger partial charge in [-0.3, -0.25) is 4.79 Å². The predicted molar refractivity (Wildman–Crippen MR) is 74.1 cm³/mol. The minimum Gasteiger partial charge on any atom is -0.481 e. The molecular formula is C15H9NO4. The Balaban J connectivity index is 2.19. The Hall–Kier alpha value is -2.82. The van der Waals surface area contributed by atoms with Gasteiger partial charge in [0.2, 0.25) is 0 Å². The van der Waals surface area contributed by atoms with Crippen molar-refractivity contribution < 1.29 is 13.9 Å². The second kappa shape index (κ2) is 3.84. The van der Waals surface area contributed by atoms with E-state index in [0.717, 1.165) is 10.8 Å². The average Bonchev–Trinajstić information content (AvgIpc) is 2.46. The second-order valence-electron chi connectivity index (χ2n) is 4.59. The van der Waals surface area contributed by atoms with E-state index in [4.69, 9.17) is 9.15 Å². The first kappa shape index (κ1) is 11.0. The number of benzene rings is 2. The van der Waals surface area contributed by atoms with Crippen molar-refractivity contribution in [3.8, 4) is 5.75 Å². The smallest absolute Gasteiger partial charge is 0.348 e. The number of amides is 1. The summed E-state index contributed by atoms with van der Waals surface area (Å²) in [5.74, 6) is 0.142. The molecule has 3 aromatic rings. The van der Waals surface area contributed by atoms with Crippen molar-refractivity contribution in [2.75, 3.05) is 11.9 Å². The molecule has 0 unspecified atom stereocenters. The molecule has 1 amide bonds. The molecule has 2 aromatic carbocycles. The van der Waals surface area contributed by atoms with Gasteiger partial charge in [-0.25, -0.2) is 4.79 Å². The SMILES string of the molecule is O=C1COc2c(ccc3c2c(=O)oc2ccccc23)N1. The average molecular weight is 267 g/mol. The summed E-state index contributed by atoms with van der Waals surface area (Å²) in [6, 6.07) is 10.9. The number of hydrogen-bond acceptors (Lipinski definition) is 4. The molecule has 0 saturated carbocycles. The number of anilines is 1. The number of hydrogen-bond donors (Lipinski definition) is 1. The number of ether oxygens (including phenoxy) is 1. The number of carbonyl (C=O) groups is 1. The minimum absolute atomic E-state index is 0.0988. The summed E-state index contributed by atoms with van der Waals surface area (Å²) < 4.78 is 10.7. The van der Waals surface area contributed by atoms with Crippen molar-refractivity contribution >= 4 is 33.3 Å². The number of rotatable bonds is 0. The van der Waals surface area contributed by atoms with Crippen LogP contribution in [0, 0.1) is 0 Å². The predicted octanol–water partition coefficient (Wildman–Crippen LogP) is 2.28. The number of fused-ring (bicyclic) bond motifs is 5. The fourth-order valence-corrected chi connectivity index (χ4v) is 2.51. The van der Waals surface area contributed by atoms with Crippen LogP contribution in [0.2, 0.25) is 0 Å². The molecule has 5 heteroatoms. The van der Waals surface area contributed by atoms with E-state index in [9.17, 15) is 9.59 Å². The number of para-hydroxylation sites is 1. The minimum atomic E-state index is -0.466. The molecule has 1 N–H and O–H groups in total. The highest BCUT2D eigenvalue weighted by Crippen LogP contribution is 2.36. The van der Waals surface area contributed by atoms with Crippen LogP contribution in [0.4, 0.5) is 5.69 Å². The lowest BCUT2D eigenvalue weighted by atomic mass is 10.1. The quantitative estimate of drug-likeness (QED) is 0.501. The van der Waals surface area contributed by atoms with Gasteiger partial charge in [-0.05, 0) is 12.1 Å². The van der Waals surface area contributed by atoms with Gasteiger partial charge in [-0.1, -0.05) is 24.3 Å². The fraction of sp³-hybridized carbons (Fsp3) is 0.0667. The van der Waals surface area contributed by atoms with Crippen molar-refractivity contribution in [2.24, 2.45) is 0 Å². The molecule has 2 heterocycles. The van der Waals surface area contributed by atoms with Gasteiger partial charge in [0, 0.05) is 10.8 Å². The molecule has 5 nitrogen and oxygen atoms in total. The maximum atomic E-state index is 12.2. The summed E-state index contributed by atoms with van der Waals surface area (Å²) in [6.07, 6.45) is 0. The van der Waals surface area contributed by atoms with Gasteiger partial charge in [-0.15, -0.1) is 0 Å². The van der Waals surface area contributed by atoms with E-state index in [0.29, 0.717) is 22.4 Å². The molecule has 0 fully saturated rings. The lowest BCUT2D eigenvalue weighted by molar-refractivity contribution is -0.118. The highest BCUT2D eigenvalue weighted by Gasteiger charge is 2.21. The van der Waals surface area contributed by atoms with E-state index in [1.807, 2.05) is 18.2 Å². The van der Waals surface area contributed by atoms with E-state index in [1.165, 1.54) is 0 Å². The second-order valence-corrected chi connectivity index (χ2v) is 4.59. The van der Waals surface area contributed by atoms with Crippen LogP contribution in [-0.4, -0.2) is 12.5 Å². The van der Waals surface area contributed by atoms with Gasteiger partial charge >= 0.3 is 5.63 Å². The zero-order chi connectivity index (χ0) is 13.7. The third-order valence-electron chi connectivity index (χ3n) is 3.36. The third-order valence-corrected chi connectivity index (χ3v) is 3.36. The Kier molecular flexibility index (Phi) is 2.12. The van der Waals surface area contributed by atoms with Crippen LogP contribution in [0.1, 0.15) is 0 Å². The Morgan fingerprint density at radius 3 is 2.75 bits per heavy atom. The van der Waals surface area contributed by atoms with Crippen LogP contribution < -0.4 is 15.7 Å². The molecule has 0 radical (unpaired) electrons. The summed E-state index contributed by atoms with van der Waals surface area (Å²) in [5, 5.41) is 4.64. The summed E-state index contributed by atoms with van der Waals surface area (Å²) in [4.78, 5) is 23.5. The van der Waals surface area contributed by atoms with E-state index in [1.54, 1.807) is 18.2 Å². The van der Waals surface area contributed by atoms with Gasteiger partial charge < -0.3 is 14.5 Å². The van der Waals surface area contributed by atoms with Crippen molar-refractivity contribution in [2.45, 2.75) is 0 Å². The fourth-order valence-electron chi connectivity index (χ4n) is 2.51. The zero-order valence-corrected chi connectivity index (χ0v) is 10.3. The lowest BCUT2D eigenvalue weighted by Gasteiger charge is -2.19. The van der Waals surface area contributed by atoms with Gasteiger partial charge in [0.1, 0.15) is 11.0 Å². The first-order chi connectivity index (χ1) is 9.74. The van der Waals surface area contributed by atoms with Crippen LogP contribution in [0.3, 0.4) is 0 Å². The monoisotopic (exact) mass is 267 g/mol. The molecule has 1 aliphatic rings. The largest absolute Gasteiger partial charge is 0.481 e. The van der Waals surface area contributed by atoms with Crippen molar-refractivity contribution in [3.05, 3.63) is 46.8 Å². The molecule has 0 spiro atoms. The standard InChI is InChI=1S/C15H9NO4/c17-12-7-19-14-10(16-12)6-5-9-8-3-1-2-4-11(8)20-15(18)13(9)14/h1-6H,7H2,(H,16,17). The molecule has 1 aromatic heterocycles. The molecule has 0 atom stereocenters. The molecule has 4 rings (SSSR count). The normalized spacial score (nSPS) is 13.9. The molecule has 1 aliphatic heterocycles. The first-order valence-corrected chi connectivity index (χ1v) is 6.15. The van der Waals surface area contributed by atoms with Crippen LogP contribution in [0.5, 0.6) is 5.75 Å². The Bertz CT molecular complexity index is 926. The van der Waals surface area contributed by atoms with E-state index in [-0.39, 0.29) is 12.5 Å². The first-order valence-electron chi connectivity index (χ1n) is 6.15. The molecule has 98 valence electrons. The molecule has 0 aliphatic carbocycles. The Labute approximate surface area is 112 Å². The van der Waals surface area contributed by atoms with Gasteiger partial charge in [-0.2, -0.15) is 0 Å². The van der Waals surface area contributed by atoms with Crippen LogP contribution >= 0.6 is 0 Å². The van der Waals surface area contributed by atoms with E-state index >= 15 is 0 Å². The lowest BCUT2D eigenvalue weighted by Crippen LogP contribution is -2.26. The highest BCUT2D eigenvalue weighted by molar-refractivity contribution is 6.10. The number of nitrogens with one attached hydrogen (secondary N) is 1. The summed E-state index contributed by atoms with van der Waals surface area (Å²) in [5.41, 5.74) is 0.563. The Morgan fingerprint density at radius 2 is 1.85 bits per heavy atom. The number of carbonyl (C=O) groups excluding carboxylic acids is 1. The summed E-state index contributed by atoms with van der Waals surface area (Å²) >= 11 is 0. The molecule has 0 saturated heterocycles. The van der Waals surface area contributed by atoms with Crippen molar-refractivity contribution in [3.63, 3.8) is 0 Å². The molecule has 20 heavy (non-hydrogen) atoms. The van der Waals surface area contributed by atoms with Crippen molar-refractivity contribution in [1.82, 2.24) is 0 Å². The molecular weight excluding hydrogens is 258 g/mol. The Morgan fingerprint density at radius 1 is 1.00 bits per heavy atom. The van der Waals surface area contributed by atoms with Crippen LogP contribution in [0.15, 0.2) is 45.6 Å². The van der Waals surface area contributed by atoms with E-state index in [2.05, 4.69) is 5.32 Å². The maximum Gasteiger partial charge on any atom is 0.348 e. The van der Waals surface area contributed by atoms with Gasteiger partial charge in [0.05, 0.1) is 5.69 Å². The maximum absolute atomic E-state index is 12.2.